The topological polar surface area (TPSA) is 21.3 Å². The van der Waals surface area contributed by atoms with Crippen LogP contribution in [0.4, 0.5) is 0 Å². The maximum Gasteiger partial charge on any atom is 0.118 e. The van der Waals surface area contributed by atoms with Crippen LogP contribution in [0.5, 0.6) is 5.75 Å². The second-order valence-corrected chi connectivity index (χ2v) is 4.21. The van der Waals surface area contributed by atoms with Crippen molar-refractivity contribution in [3.8, 4) is 5.75 Å². The van der Waals surface area contributed by atoms with Crippen LogP contribution in [0, 0.1) is 5.92 Å². The van der Waals surface area contributed by atoms with Crippen LogP contribution in [-0.4, -0.2) is 20.2 Å². The summed E-state index contributed by atoms with van der Waals surface area (Å²) in [5.74, 6) is 2.41. The molecule has 16 heavy (non-hydrogen) atoms. The van der Waals surface area contributed by atoms with Gasteiger partial charge < -0.3 is 10.1 Å². The van der Waals surface area contributed by atoms with E-state index in [4.69, 9.17) is 4.74 Å². The van der Waals surface area contributed by atoms with Gasteiger partial charge in [0.1, 0.15) is 5.75 Å². The molecule has 0 saturated carbocycles. The molecule has 90 valence electrons. The third-order valence-corrected chi connectivity index (χ3v) is 3.41. The summed E-state index contributed by atoms with van der Waals surface area (Å²) in [4.78, 5) is 0. The van der Waals surface area contributed by atoms with Crippen LogP contribution >= 0.6 is 12.4 Å². The molecule has 1 heterocycles. The van der Waals surface area contributed by atoms with E-state index in [9.17, 15) is 0 Å². The van der Waals surface area contributed by atoms with E-state index < -0.39 is 0 Å². The predicted molar refractivity (Wildman–Crippen MR) is 69.6 cm³/mol. The van der Waals surface area contributed by atoms with Crippen molar-refractivity contribution >= 4 is 12.4 Å². The van der Waals surface area contributed by atoms with Gasteiger partial charge in [0, 0.05) is 12.5 Å². The minimum atomic E-state index is 0. The zero-order valence-electron chi connectivity index (χ0n) is 9.90. The molecule has 2 nitrogen and oxygen atoms in total. The van der Waals surface area contributed by atoms with Crippen LogP contribution in [0.15, 0.2) is 24.3 Å². The molecule has 2 unspecified atom stereocenters. The minimum absolute atomic E-state index is 0. The highest BCUT2D eigenvalue weighted by Gasteiger charge is 2.26. The van der Waals surface area contributed by atoms with Crippen molar-refractivity contribution < 1.29 is 4.74 Å². The fourth-order valence-corrected chi connectivity index (χ4v) is 2.40. The number of halogens is 1. The molecule has 0 radical (unpaired) electrons. The lowest BCUT2D eigenvalue weighted by Gasteiger charge is -2.17. The Morgan fingerprint density at radius 3 is 2.50 bits per heavy atom. The number of benzene rings is 1. The highest BCUT2D eigenvalue weighted by atomic mass is 35.5. The van der Waals surface area contributed by atoms with Crippen LogP contribution in [0.1, 0.15) is 24.8 Å². The van der Waals surface area contributed by atoms with Crippen molar-refractivity contribution in [2.45, 2.75) is 19.3 Å². The average Bonchev–Trinajstić information content (AvgIpc) is 2.77. The minimum Gasteiger partial charge on any atom is -0.497 e. The Morgan fingerprint density at radius 1 is 1.25 bits per heavy atom. The van der Waals surface area contributed by atoms with Crippen LogP contribution < -0.4 is 10.1 Å². The highest BCUT2D eigenvalue weighted by molar-refractivity contribution is 5.85. The molecule has 0 amide bonds. The predicted octanol–water partition coefficient (Wildman–Crippen LogP) is 2.83. The zero-order chi connectivity index (χ0) is 10.7. The van der Waals surface area contributed by atoms with Crippen LogP contribution in [0.2, 0.25) is 0 Å². The zero-order valence-corrected chi connectivity index (χ0v) is 10.7. The van der Waals surface area contributed by atoms with Crippen molar-refractivity contribution in [3.05, 3.63) is 29.8 Å². The highest BCUT2D eigenvalue weighted by Crippen LogP contribution is 2.30. The molecule has 1 aromatic carbocycles. The Bertz CT molecular complexity index is 312. The summed E-state index contributed by atoms with van der Waals surface area (Å²) in [6, 6.07) is 8.50. The second-order valence-electron chi connectivity index (χ2n) is 4.21. The number of hydrogen-bond acceptors (Lipinski definition) is 2. The molecule has 1 N–H and O–H groups in total. The third-order valence-electron chi connectivity index (χ3n) is 3.41. The fraction of sp³-hybridized carbons (Fsp3) is 0.538. The lowest BCUT2D eigenvalue weighted by Crippen LogP contribution is -2.09. The first-order valence-electron chi connectivity index (χ1n) is 5.69. The standard InChI is InChI=1S/C13H19NO.ClH/c1-3-10-8-14-9-13(10)11-4-6-12(15-2)7-5-11;/h4-7,10,13-14H,3,8-9H2,1-2H3;1H. The van der Waals surface area contributed by atoms with E-state index in [1.807, 2.05) is 0 Å². The van der Waals surface area contributed by atoms with Gasteiger partial charge in [0.05, 0.1) is 7.11 Å². The Labute approximate surface area is 104 Å². The van der Waals surface area contributed by atoms with E-state index in [1.54, 1.807) is 7.11 Å². The van der Waals surface area contributed by atoms with Gasteiger partial charge in [-0.25, -0.2) is 0 Å². The molecule has 1 saturated heterocycles. The lowest BCUT2D eigenvalue weighted by atomic mass is 9.87. The largest absolute Gasteiger partial charge is 0.497 e. The van der Waals surface area contributed by atoms with Gasteiger partial charge in [-0.1, -0.05) is 25.5 Å². The van der Waals surface area contributed by atoms with Gasteiger partial charge >= 0.3 is 0 Å². The quantitative estimate of drug-likeness (QED) is 0.879. The number of hydrogen-bond donors (Lipinski definition) is 1. The van der Waals surface area contributed by atoms with Gasteiger partial charge in [-0.2, -0.15) is 0 Å². The van der Waals surface area contributed by atoms with Gasteiger partial charge in [-0.15, -0.1) is 12.4 Å². The molecule has 1 aliphatic rings. The van der Waals surface area contributed by atoms with Crippen LogP contribution in [0.3, 0.4) is 0 Å². The summed E-state index contributed by atoms with van der Waals surface area (Å²) < 4.78 is 5.17. The third kappa shape index (κ3) is 2.69. The normalized spacial score (nSPS) is 23.9. The molecule has 2 atom stereocenters. The van der Waals surface area contributed by atoms with Crippen molar-refractivity contribution in [1.29, 1.82) is 0 Å². The van der Waals surface area contributed by atoms with Crippen LogP contribution in [0.25, 0.3) is 0 Å². The molecule has 0 spiro atoms. The maximum atomic E-state index is 5.17. The number of rotatable bonds is 3. The second kappa shape index (κ2) is 6.12. The van der Waals surface area contributed by atoms with Gasteiger partial charge in [0.2, 0.25) is 0 Å². The molecule has 1 fully saturated rings. The number of methoxy groups -OCH3 is 1. The van der Waals surface area contributed by atoms with Gasteiger partial charge in [0.15, 0.2) is 0 Å². The lowest BCUT2D eigenvalue weighted by molar-refractivity contribution is 0.414. The molecule has 0 bridgehead atoms. The SMILES string of the molecule is CCC1CNCC1c1ccc(OC)cc1.Cl. The van der Waals surface area contributed by atoms with E-state index in [-0.39, 0.29) is 12.4 Å². The Balaban J connectivity index is 0.00000128. The smallest absolute Gasteiger partial charge is 0.118 e. The van der Waals surface area contributed by atoms with Crippen molar-refractivity contribution in [1.82, 2.24) is 5.32 Å². The van der Waals surface area contributed by atoms with Gasteiger partial charge in [0.25, 0.3) is 0 Å². The molecular formula is C13H20ClNO. The summed E-state index contributed by atoms with van der Waals surface area (Å²) in [7, 11) is 1.71. The van der Waals surface area contributed by atoms with E-state index in [1.165, 1.54) is 12.0 Å². The Morgan fingerprint density at radius 2 is 1.94 bits per heavy atom. The van der Waals surface area contributed by atoms with E-state index in [0.29, 0.717) is 5.92 Å². The van der Waals surface area contributed by atoms with Crippen molar-refractivity contribution in [3.63, 3.8) is 0 Å². The van der Waals surface area contributed by atoms with E-state index in [2.05, 4.69) is 36.5 Å². The summed E-state index contributed by atoms with van der Waals surface area (Å²) in [6.45, 7) is 4.55. The number of nitrogens with one attached hydrogen (secondary N) is 1. The Hall–Kier alpha value is -0.730. The first-order valence-corrected chi connectivity index (χ1v) is 5.69. The summed E-state index contributed by atoms with van der Waals surface area (Å²) in [5, 5.41) is 3.47. The molecule has 1 aliphatic heterocycles. The molecule has 2 rings (SSSR count). The Kier molecular flexibility index (Phi) is 5.10. The van der Waals surface area contributed by atoms with Gasteiger partial charge in [-0.05, 0) is 30.2 Å². The van der Waals surface area contributed by atoms with Crippen molar-refractivity contribution in [2.24, 2.45) is 5.92 Å². The fourth-order valence-electron chi connectivity index (χ4n) is 2.40. The monoisotopic (exact) mass is 241 g/mol. The average molecular weight is 242 g/mol. The number of ether oxygens (including phenoxy) is 1. The molecule has 3 heteroatoms. The van der Waals surface area contributed by atoms with Gasteiger partial charge in [-0.3, -0.25) is 0 Å². The summed E-state index contributed by atoms with van der Waals surface area (Å²) in [6.07, 6.45) is 1.25. The summed E-state index contributed by atoms with van der Waals surface area (Å²) >= 11 is 0. The molecule has 0 aliphatic carbocycles. The molecule has 0 aromatic heterocycles. The van der Waals surface area contributed by atoms with E-state index >= 15 is 0 Å². The van der Waals surface area contributed by atoms with E-state index in [0.717, 1.165) is 24.8 Å². The van der Waals surface area contributed by atoms with Crippen LogP contribution in [-0.2, 0) is 0 Å². The first-order chi connectivity index (χ1) is 7.35. The molecule has 1 aromatic rings. The van der Waals surface area contributed by atoms with Crippen molar-refractivity contribution in [2.75, 3.05) is 20.2 Å². The molecular weight excluding hydrogens is 222 g/mol. The maximum absolute atomic E-state index is 5.17. The summed E-state index contributed by atoms with van der Waals surface area (Å²) in [5.41, 5.74) is 1.44. The first kappa shape index (κ1) is 13.3.